The maximum atomic E-state index is 11.0. The van der Waals surface area contributed by atoms with E-state index in [-0.39, 0.29) is 5.97 Å². The van der Waals surface area contributed by atoms with Crippen molar-refractivity contribution in [2.75, 3.05) is 13.2 Å². The van der Waals surface area contributed by atoms with E-state index in [1.807, 2.05) is 20.8 Å². The minimum absolute atomic E-state index is 0.174. The average molecular weight is 171 g/mol. The molecule has 0 aliphatic heterocycles. The largest absolute Gasteiger partial charge is 0.465 e. The van der Waals surface area contributed by atoms with Gasteiger partial charge < -0.3 is 4.74 Å². The van der Waals surface area contributed by atoms with E-state index in [2.05, 4.69) is 4.99 Å². The van der Waals surface area contributed by atoms with Crippen LogP contribution in [0.1, 0.15) is 33.6 Å². The number of rotatable bonds is 5. The molecule has 0 bridgehead atoms. The summed E-state index contributed by atoms with van der Waals surface area (Å²) in [5.41, 5.74) is 0.846. The summed E-state index contributed by atoms with van der Waals surface area (Å²) in [5, 5.41) is 0. The Morgan fingerprint density at radius 1 is 1.42 bits per heavy atom. The summed E-state index contributed by atoms with van der Waals surface area (Å²) in [5.74, 6) is -0.174. The lowest BCUT2D eigenvalue weighted by Gasteiger charge is -2.01. The van der Waals surface area contributed by atoms with Gasteiger partial charge in [0, 0.05) is 12.3 Å². The fourth-order valence-electron chi connectivity index (χ4n) is 0.802. The van der Waals surface area contributed by atoms with Gasteiger partial charge in [0.2, 0.25) is 0 Å². The van der Waals surface area contributed by atoms with E-state index in [4.69, 9.17) is 4.74 Å². The predicted molar refractivity (Wildman–Crippen MR) is 49.5 cm³/mol. The van der Waals surface area contributed by atoms with Gasteiger partial charge >= 0.3 is 5.97 Å². The molecule has 0 aromatic heterocycles. The lowest BCUT2D eigenvalue weighted by molar-refractivity contribution is -0.142. The number of hydrogen-bond donors (Lipinski definition) is 0. The minimum Gasteiger partial charge on any atom is -0.465 e. The second kappa shape index (κ2) is 6.83. The zero-order valence-electron chi connectivity index (χ0n) is 8.09. The van der Waals surface area contributed by atoms with Gasteiger partial charge in [-0.05, 0) is 20.3 Å². The Balaban J connectivity index is 3.61. The third-order valence-electron chi connectivity index (χ3n) is 1.30. The van der Waals surface area contributed by atoms with E-state index in [1.54, 1.807) is 0 Å². The maximum absolute atomic E-state index is 11.0. The van der Waals surface area contributed by atoms with Crippen molar-refractivity contribution < 1.29 is 9.53 Å². The normalized spacial score (nSPS) is 11.4. The zero-order valence-corrected chi connectivity index (χ0v) is 8.09. The Hall–Kier alpha value is -0.860. The van der Waals surface area contributed by atoms with Gasteiger partial charge in [0.1, 0.15) is 0 Å². The fourth-order valence-corrected chi connectivity index (χ4v) is 0.802. The summed E-state index contributed by atoms with van der Waals surface area (Å²) in [7, 11) is 0. The van der Waals surface area contributed by atoms with Crippen LogP contribution in [0, 0.1) is 0 Å². The van der Waals surface area contributed by atoms with Crippen molar-refractivity contribution in [3.05, 3.63) is 0 Å². The number of aliphatic imine (C=N–C) groups is 1. The van der Waals surface area contributed by atoms with Crippen LogP contribution in [0.5, 0.6) is 0 Å². The number of hydrogen-bond acceptors (Lipinski definition) is 3. The third-order valence-corrected chi connectivity index (χ3v) is 1.30. The second-order valence-electron chi connectivity index (χ2n) is 2.61. The van der Waals surface area contributed by atoms with Crippen molar-refractivity contribution in [3.8, 4) is 0 Å². The van der Waals surface area contributed by atoms with Gasteiger partial charge in [-0.25, -0.2) is 0 Å². The molecule has 0 heterocycles. The first-order chi connectivity index (χ1) is 5.70. The topological polar surface area (TPSA) is 38.7 Å². The number of nitrogens with zero attached hydrogens (tertiary/aromatic N) is 1. The molecule has 0 aromatic rings. The summed E-state index contributed by atoms with van der Waals surface area (Å²) < 4.78 is 4.89. The highest BCUT2D eigenvalue weighted by molar-refractivity contribution is 5.97. The Morgan fingerprint density at radius 3 is 2.58 bits per heavy atom. The van der Waals surface area contributed by atoms with Crippen molar-refractivity contribution >= 4 is 11.7 Å². The van der Waals surface area contributed by atoms with Crippen molar-refractivity contribution in [3.63, 3.8) is 0 Å². The molecule has 0 saturated carbocycles. The van der Waals surface area contributed by atoms with Crippen molar-refractivity contribution in [1.29, 1.82) is 0 Å². The van der Waals surface area contributed by atoms with Gasteiger partial charge in [-0.1, -0.05) is 6.92 Å². The molecule has 3 nitrogen and oxygen atoms in total. The Morgan fingerprint density at radius 2 is 2.08 bits per heavy atom. The standard InChI is InChI=1S/C9H17NO2/c1-4-6-12-9(11)7-8(3)10-5-2/h4-7H2,1-3H3. The van der Waals surface area contributed by atoms with Gasteiger partial charge in [0.05, 0.1) is 13.0 Å². The molecule has 0 N–H and O–H groups in total. The van der Waals surface area contributed by atoms with Gasteiger partial charge in [-0.3, -0.25) is 9.79 Å². The third kappa shape index (κ3) is 5.89. The van der Waals surface area contributed by atoms with Crippen LogP contribution in [0.4, 0.5) is 0 Å². The Kier molecular flexibility index (Phi) is 6.34. The molecule has 0 aliphatic carbocycles. The molecule has 0 unspecified atom stereocenters. The lowest BCUT2D eigenvalue weighted by atomic mass is 10.3. The van der Waals surface area contributed by atoms with Crippen LogP contribution in [0.15, 0.2) is 4.99 Å². The fraction of sp³-hybridized carbons (Fsp3) is 0.778. The minimum atomic E-state index is -0.174. The highest BCUT2D eigenvalue weighted by Gasteiger charge is 2.03. The van der Waals surface area contributed by atoms with Crippen LogP contribution in [0.3, 0.4) is 0 Å². The number of carbonyl (C=O) groups excluding carboxylic acids is 1. The maximum Gasteiger partial charge on any atom is 0.311 e. The molecule has 3 heteroatoms. The van der Waals surface area contributed by atoms with Crippen molar-refractivity contribution in [2.24, 2.45) is 4.99 Å². The number of esters is 1. The summed E-state index contributed by atoms with van der Waals surface area (Å²) in [6.07, 6.45) is 1.20. The number of carbonyl (C=O) groups is 1. The molecule has 70 valence electrons. The highest BCUT2D eigenvalue weighted by atomic mass is 16.5. The first-order valence-electron chi connectivity index (χ1n) is 4.36. The smallest absolute Gasteiger partial charge is 0.311 e. The van der Waals surface area contributed by atoms with E-state index in [9.17, 15) is 4.79 Å². The van der Waals surface area contributed by atoms with Crippen LogP contribution in [0.2, 0.25) is 0 Å². The molecule has 0 fully saturated rings. The summed E-state index contributed by atoms with van der Waals surface area (Å²) >= 11 is 0. The van der Waals surface area contributed by atoms with Gasteiger partial charge in [-0.2, -0.15) is 0 Å². The monoisotopic (exact) mass is 171 g/mol. The van der Waals surface area contributed by atoms with E-state index in [0.29, 0.717) is 13.0 Å². The Labute approximate surface area is 73.8 Å². The van der Waals surface area contributed by atoms with Crippen molar-refractivity contribution in [2.45, 2.75) is 33.6 Å². The molecule has 0 spiro atoms. The molecular formula is C9H17NO2. The highest BCUT2D eigenvalue weighted by Crippen LogP contribution is 1.92. The first kappa shape index (κ1) is 11.1. The quantitative estimate of drug-likeness (QED) is 0.467. The molecule has 0 atom stereocenters. The van der Waals surface area contributed by atoms with Crippen LogP contribution in [-0.2, 0) is 9.53 Å². The van der Waals surface area contributed by atoms with Crippen LogP contribution in [-0.4, -0.2) is 24.8 Å². The average Bonchev–Trinajstić information content (AvgIpc) is 2.01. The summed E-state index contributed by atoms with van der Waals surface area (Å²) in [6.45, 7) is 7.00. The van der Waals surface area contributed by atoms with Gasteiger partial charge in [-0.15, -0.1) is 0 Å². The molecule has 0 rings (SSSR count). The molecule has 0 saturated heterocycles. The van der Waals surface area contributed by atoms with Gasteiger partial charge in [0.25, 0.3) is 0 Å². The molecule has 0 aromatic carbocycles. The predicted octanol–water partition coefficient (Wildman–Crippen LogP) is 1.81. The number of ether oxygens (including phenoxy) is 1. The van der Waals surface area contributed by atoms with Crippen LogP contribution >= 0.6 is 0 Å². The molecule has 0 aliphatic rings. The Bertz CT molecular complexity index is 164. The van der Waals surface area contributed by atoms with E-state index < -0.39 is 0 Å². The van der Waals surface area contributed by atoms with E-state index in [1.165, 1.54) is 0 Å². The van der Waals surface area contributed by atoms with Crippen molar-refractivity contribution in [1.82, 2.24) is 0 Å². The first-order valence-corrected chi connectivity index (χ1v) is 4.36. The molecule has 0 amide bonds. The van der Waals surface area contributed by atoms with E-state index >= 15 is 0 Å². The molecule has 0 radical (unpaired) electrons. The van der Waals surface area contributed by atoms with Gasteiger partial charge in [0.15, 0.2) is 0 Å². The summed E-state index contributed by atoms with van der Waals surface area (Å²) in [6, 6.07) is 0. The molecule has 12 heavy (non-hydrogen) atoms. The van der Waals surface area contributed by atoms with Crippen LogP contribution < -0.4 is 0 Å². The van der Waals surface area contributed by atoms with E-state index in [0.717, 1.165) is 18.7 Å². The second-order valence-corrected chi connectivity index (χ2v) is 2.61. The SMILES string of the molecule is CCCOC(=O)CC(C)=NCC. The molecular weight excluding hydrogens is 154 g/mol. The van der Waals surface area contributed by atoms with Crippen LogP contribution in [0.25, 0.3) is 0 Å². The summed E-state index contributed by atoms with van der Waals surface area (Å²) in [4.78, 5) is 15.1. The lowest BCUT2D eigenvalue weighted by Crippen LogP contribution is -2.09. The zero-order chi connectivity index (χ0) is 9.40.